The minimum atomic E-state index is -0.203. The zero-order valence-corrected chi connectivity index (χ0v) is 15.8. The number of nitrogens with one attached hydrogen (secondary N) is 1. The average molecular weight is 387 g/mol. The van der Waals surface area contributed by atoms with E-state index in [1.54, 1.807) is 12.4 Å². The second-order valence-electron chi connectivity index (χ2n) is 7.33. The Hall–Kier alpha value is -3.29. The summed E-state index contributed by atoms with van der Waals surface area (Å²) in [6.07, 6.45) is 6.00. The predicted octanol–water partition coefficient (Wildman–Crippen LogP) is 3.38. The van der Waals surface area contributed by atoms with E-state index in [1.807, 2.05) is 42.6 Å². The van der Waals surface area contributed by atoms with Gasteiger partial charge in [0.2, 0.25) is 5.88 Å². The number of ether oxygens (including phenoxy) is 1. The number of H-pyrrole nitrogens is 1. The zero-order chi connectivity index (χ0) is 19.6. The van der Waals surface area contributed by atoms with E-state index >= 15 is 0 Å². The van der Waals surface area contributed by atoms with Crippen molar-refractivity contribution < 1.29 is 9.84 Å². The van der Waals surface area contributed by atoms with Gasteiger partial charge in [-0.1, -0.05) is 0 Å². The monoisotopic (exact) mass is 387 g/mol. The Bertz CT molecular complexity index is 1110. The van der Waals surface area contributed by atoms with Gasteiger partial charge in [0.25, 0.3) is 0 Å². The smallest absolute Gasteiger partial charge is 0.219 e. The number of nitrogens with zero attached hydrogens (tertiary/aromatic N) is 4. The second-order valence-corrected chi connectivity index (χ2v) is 7.33. The first kappa shape index (κ1) is 17.8. The number of rotatable bonds is 5. The molecule has 3 aromatic heterocycles. The number of likely N-dealkylation sites (tertiary alicyclic amines) is 1. The minimum Gasteiger partial charge on any atom is -0.439 e. The van der Waals surface area contributed by atoms with Gasteiger partial charge < -0.3 is 9.84 Å². The second kappa shape index (κ2) is 7.62. The Morgan fingerprint density at radius 1 is 1.10 bits per heavy atom. The number of hydrogen-bond donors (Lipinski definition) is 2. The molecule has 0 bridgehead atoms. The van der Waals surface area contributed by atoms with Gasteiger partial charge in [-0.2, -0.15) is 5.10 Å². The number of fused-ring (bicyclic) bond motifs is 1. The van der Waals surface area contributed by atoms with Crippen molar-refractivity contribution >= 4 is 10.9 Å². The van der Waals surface area contributed by atoms with Crippen LogP contribution in [0.3, 0.4) is 0 Å². The van der Waals surface area contributed by atoms with Crippen molar-refractivity contribution in [2.24, 2.45) is 0 Å². The van der Waals surface area contributed by atoms with Crippen LogP contribution in [0, 0.1) is 0 Å². The number of benzene rings is 1. The van der Waals surface area contributed by atoms with E-state index in [9.17, 15) is 5.11 Å². The van der Waals surface area contributed by atoms with E-state index in [2.05, 4.69) is 31.1 Å². The summed E-state index contributed by atoms with van der Waals surface area (Å²) >= 11 is 0. The fraction of sp³-hybridized carbons (Fsp3) is 0.227. The summed E-state index contributed by atoms with van der Waals surface area (Å²) in [5.74, 6) is 1.22. The Kier molecular flexibility index (Phi) is 4.67. The van der Waals surface area contributed by atoms with Gasteiger partial charge in [-0.15, -0.1) is 0 Å². The van der Waals surface area contributed by atoms with Crippen molar-refractivity contribution in [2.45, 2.75) is 19.1 Å². The van der Waals surface area contributed by atoms with Crippen LogP contribution in [-0.4, -0.2) is 49.4 Å². The predicted molar refractivity (Wildman–Crippen MR) is 110 cm³/mol. The fourth-order valence-electron chi connectivity index (χ4n) is 3.65. The maximum Gasteiger partial charge on any atom is 0.219 e. The molecule has 4 heterocycles. The van der Waals surface area contributed by atoms with Crippen LogP contribution in [0.5, 0.6) is 11.6 Å². The summed E-state index contributed by atoms with van der Waals surface area (Å²) in [6, 6.07) is 13.7. The zero-order valence-electron chi connectivity index (χ0n) is 15.8. The molecule has 0 saturated carbocycles. The van der Waals surface area contributed by atoms with E-state index in [1.165, 1.54) is 0 Å². The normalized spacial score (nSPS) is 17.1. The molecule has 0 radical (unpaired) electrons. The Labute approximate surface area is 168 Å². The molecule has 5 rings (SSSR count). The number of hydrogen-bond acceptors (Lipinski definition) is 6. The number of aromatic amines is 1. The Balaban J connectivity index is 1.30. The highest BCUT2D eigenvalue weighted by Crippen LogP contribution is 2.26. The maximum absolute atomic E-state index is 9.68. The van der Waals surface area contributed by atoms with Crippen molar-refractivity contribution in [3.8, 4) is 22.9 Å². The Morgan fingerprint density at radius 3 is 2.83 bits per heavy atom. The summed E-state index contributed by atoms with van der Waals surface area (Å²) in [5.41, 5.74) is 3.89. The van der Waals surface area contributed by atoms with Crippen molar-refractivity contribution in [2.75, 3.05) is 13.1 Å². The van der Waals surface area contributed by atoms with Crippen LogP contribution in [0.25, 0.3) is 22.2 Å². The van der Waals surface area contributed by atoms with Gasteiger partial charge >= 0.3 is 0 Å². The lowest BCUT2D eigenvalue weighted by Crippen LogP contribution is -2.21. The van der Waals surface area contributed by atoms with Crippen LogP contribution in [0.15, 0.2) is 61.1 Å². The average Bonchev–Trinajstić information content (AvgIpc) is 3.41. The third kappa shape index (κ3) is 3.96. The summed E-state index contributed by atoms with van der Waals surface area (Å²) in [5, 5.41) is 17.6. The lowest BCUT2D eigenvalue weighted by atomic mass is 10.1. The van der Waals surface area contributed by atoms with Gasteiger partial charge in [0.1, 0.15) is 5.75 Å². The molecule has 0 spiro atoms. The van der Waals surface area contributed by atoms with Crippen molar-refractivity contribution in [1.29, 1.82) is 0 Å². The lowest BCUT2D eigenvalue weighted by molar-refractivity contribution is 0.175. The van der Waals surface area contributed by atoms with Crippen LogP contribution in [0.4, 0.5) is 0 Å². The third-order valence-corrected chi connectivity index (χ3v) is 5.14. The largest absolute Gasteiger partial charge is 0.439 e. The van der Waals surface area contributed by atoms with Gasteiger partial charge in [0.05, 0.1) is 17.3 Å². The molecule has 2 N–H and O–H groups in total. The summed E-state index contributed by atoms with van der Waals surface area (Å²) in [6.45, 7) is 2.47. The third-order valence-electron chi connectivity index (χ3n) is 5.14. The SMILES string of the molecule is OC1CCN(Cc2cnc3cc(Oc4ccc(-c5ccn[nH]5)cn4)ccc3c2)C1. The van der Waals surface area contributed by atoms with Gasteiger partial charge in [0, 0.05) is 61.3 Å². The molecule has 1 fully saturated rings. The number of pyridine rings is 2. The highest BCUT2D eigenvalue weighted by atomic mass is 16.5. The summed E-state index contributed by atoms with van der Waals surface area (Å²) in [4.78, 5) is 11.2. The lowest BCUT2D eigenvalue weighted by Gasteiger charge is -2.15. The molecular weight excluding hydrogens is 366 g/mol. The molecule has 1 saturated heterocycles. The molecular formula is C22H21N5O2. The maximum atomic E-state index is 9.68. The van der Waals surface area contributed by atoms with Crippen molar-refractivity contribution in [3.05, 3.63) is 66.6 Å². The standard InChI is InChI=1S/C22H21N5O2/c28-18-6-8-27(14-18)13-15-9-16-1-3-19(10-21(16)23-11-15)29-22-4-2-17(12-24-22)20-5-7-25-26-20/h1-5,7,9-12,18,28H,6,8,13-14H2,(H,25,26). The molecule has 0 aliphatic carbocycles. The molecule has 1 aromatic carbocycles. The summed E-state index contributed by atoms with van der Waals surface area (Å²) in [7, 11) is 0. The first-order valence-corrected chi connectivity index (χ1v) is 9.66. The molecule has 0 amide bonds. The van der Waals surface area contributed by atoms with Gasteiger partial charge in [0.15, 0.2) is 0 Å². The van der Waals surface area contributed by atoms with E-state index < -0.39 is 0 Å². The van der Waals surface area contributed by atoms with Crippen LogP contribution in [-0.2, 0) is 6.54 Å². The first-order chi connectivity index (χ1) is 14.2. The number of aromatic nitrogens is 4. The molecule has 1 unspecified atom stereocenters. The molecule has 1 aliphatic heterocycles. The van der Waals surface area contributed by atoms with E-state index in [0.717, 1.165) is 53.8 Å². The molecule has 29 heavy (non-hydrogen) atoms. The number of aliphatic hydroxyl groups is 1. The number of β-amino-alcohol motifs (C(OH)–C–C–N with tert-alkyl or cyclic N) is 1. The topological polar surface area (TPSA) is 87.2 Å². The highest BCUT2D eigenvalue weighted by Gasteiger charge is 2.20. The molecule has 7 heteroatoms. The molecule has 7 nitrogen and oxygen atoms in total. The highest BCUT2D eigenvalue weighted by molar-refractivity contribution is 5.80. The Morgan fingerprint density at radius 2 is 2.07 bits per heavy atom. The van der Waals surface area contributed by atoms with Gasteiger partial charge in [-0.25, -0.2) is 4.98 Å². The van der Waals surface area contributed by atoms with E-state index in [4.69, 9.17) is 4.74 Å². The van der Waals surface area contributed by atoms with Crippen LogP contribution in [0.2, 0.25) is 0 Å². The van der Waals surface area contributed by atoms with Crippen LogP contribution < -0.4 is 4.74 Å². The molecule has 1 aliphatic rings. The van der Waals surface area contributed by atoms with Gasteiger partial charge in [-0.3, -0.25) is 15.0 Å². The fourth-order valence-corrected chi connectivity index (χ4v) is 3.65. The molecule has 146 valence electrons. The first-order valence-electron chi connectivity index (χ1n) is 9.66. The minimum absolute atomic E-state index is 0.203. The molecule has 1 atom stereocenters. The van der Waals surface area contributed by atoms with Crippen molar-refractivity contribution in [3.63, 3.8) is 0 Å². The van der Waals surface area contributed by atoms with Crippen LogP contribution in [0.1, 0.15) is 12.0 Å². The quantitative estimate of drug-likeness (QED) is 0.546. The van der Waals surface area contributed by atoms with Gasteiger partial charge in [-0.05, 0) is 42.3 Å². The molecule has 4 aromatic rings. The van der Waals surface area contributed by atoms with E-state index in [0.29, 0.717) is 11.6 Å². The number of aliphatic hydroxyl groups excluding tert-OH is 1. The van der Waals surface area contributed by atoms with E-state index in [-0.39, 0.29) is 6.10 Å². The summed E-state index contributed by atoms with van der Waals surface area (Å²) < 4.78 is 5.90. The van der Waals surface area contributed by atoms with Crippen molar-refractivity contribution in [1.82, 2.24) is 25.1 Å². The van der Waals surface area contributed by atoms with Crippen LogP contribution >= 0.6 is 0 Å².